The lowest BCUT2D eigenvalue weighted by Gasteiger charge is -2.25. The van der Waals surface area contributed by atoms with E-state index in [0.717, 1.165) is 0 Å². The molecule has 0 aliphatic rings. The molecule has 0 rings (SSSR count). The van der Waals surface area contributed by atoms with Crippen LogP contribution < -0.4 is 10.9 Å². The van der Waals surface area contributed by atoms with Crippen molar-refractivity contribution >= 4 is 17.8 Å². The van der Waals surface area contributed by atoms with Crippen LogP contribution in [0.25, 0.3) is 0 Å². The second-order valence-electron chi connectivity index (χ2n) is 5.45. The zero-order valence-electron chi connectivity index (χ0n) is 14.2. The first-order valence-electron chi connectivity index (χ1n) is 7.66. The molecular formula is C14H24N2O11. The molecule has 13 heteroatoms. The molecule has 13 nitrogen and oxygen atoms in total. The highest BCUT2D eigenvalue weighted by Gasteiger charge is 2.30. The maximum Gasteiger partial charge on any atom is 0.322 e. The van der Waals surface area contributed by atoms with Crippen molar-refractivity contribution in [3.63, 3.8) is 0 Å². The van der Waals surface area contributed by atoms with Gasteiger partial charge in [-0.2, -0.15) is 0 Å². The van der Waals surface area contributed by atoms with E-state index in [4.69, 9.17) is 25.2 Å². The van der Waals surface area contributed by atoms with E-state index in [-0.39, 0.29) is 6.42 Å². The van der Waals surface area contributed by atoms with Gasteiger partial charge in [0, 0.05) is 6.42 Å². The number of aliphatic carboxylic acids is 2. The van der Waals surface area contributed by atoms with Crippen LogP contribution in [0.4, 0.5) is 0 Å². The Balaban J connectivity index is 4.43. The van der Waals surface area contributed by atoms with Crippen molar-refractivity contribution in [2.45, 2.75) is 43.3 Å². The summed E-state index contributed by atoms with van der Waals surface area (Å²) in [5.41, 5.74) is 4.03. The average Bonchev–Trinajstić information content (AvgIpc) is 2.62. The topological polar surface area (TPSA) is 226 Å². The van der Waals surface area contributed by atoms with Crippen molar-refractivity contribution in [1.82, 2.24) is 10.9 Å². The number of nitrogens with one attached hydrogen (secondary N) is 2. The van der Waals surface area contributed by atoms with Crippen LogP contribution in [0.3, 0.4) is 0 Å². The highest BCUT2D eigenvalue weighted by Crippen LogP contribution is 2.07. The van der Waals surface area contributed by atoms with E-state index in [9.17, 15) is 29.7 Å². The Morgan fingerprint density at radius 1 is 1.00 bits per heavy atom. The molecule has 0 aliphatic heterocycles. The minimum atomic E-state index is -1.89. The van der Waals surface area contributed by atoms with Crippen molar-refractivity contribution in [1.29, 1.82) is 0 Å². The van der Waals surface area contributed by atoms with E-state index in [1.54, 1.807) is 0 Å². The van der Waals surface area contributed by atoms with E-state index in [2.05, 4.69) is 12.0 Å². The molecule has 5 atom stereocenters. The average molecular weight is 396 g/mol. The first-order valence-corrected chi connectivity index (χ1v) is 7.66. The lowest BCUT2D eigenvalue weighted by molar-refractivity contribution is -0.141. The number of carboxylic acid groups (broad SMARTS) is 2. The van der Waals surface area contributed by atoms with Gasteiger partial charge in [0.15, 0.2) is 5.76 Å². The fourth-order valence-corrected chi connectivity index (χ4v) is 1.66. The molecular weight excluding hydrogens is 372 g/mol. The number of ether oxygens (including phenoxy) is 1. The van der Waals surface area contributed by atoms with Crippen molar-refractivity contribution in [3.05, 3.63) is 12.3 Å². The Morgan fingerprint density at radius 3 is 2.04 bits per heavy atom. The minimum Gasteiger partial charge on any atom is -0.486 e. The Morgan fingerprint density at radius 2 is 1.56 bits per heavy atom. The molecule has 0 aromatic heterocycles. The van der Waals surface area contributed by atoms with Crippen LogP contribution >= 0.6 is 0 Å². The van der Waals surface area contributed by atoms with Crippen molar-refractivity contribution in [2.75, 3.05) is 13.2 Å². The molecule has 0 aromatic rings. The second-order valence-corrected chi connectivity index (χ2v) is 5.45. The molecule has 1 amide bonds. The van der Waals surface area contributed by atoms with Crippen LogP contribution in [-0.2, 0) is 19.1 Å². The quantitative estimate of drug-likeness (QED) is 0.0775. The number of hydrogen-bond donors (Lipinski definition) is 9. The van der Waals surface area contributed by atoms with E-state index >= 15 is 0 Å². The standard InChI is InChI=1S/C14H24N2O11/c1-6(27-5-9(19)12(23)11(22)8(18)4-17)13(24)16-15-7(14(25)26)2-3-10(20)21/h7-9,11-12,15,17-19,22-23H,1-5H2,(H,16,24)(H,20,21)(H,25,26)/t7-,8+,9-,11+,12+/m0/s1. The molecule has 27 heavy (non-hydrogen) atoms. The zero-order valence-corrected chi connectivity index (χ0v) is 14.2. The molecule has 0 aromatic carbocycles. The Kier molecular flexibility index (Phi) is 11.1. The fourth-order valence-electron chi connectivity index (χ4n) is 1.66. The van der Waals surface area contributed by atoms with E-state index in [0.29, 0.717) is 0 Å². The monoisotopic (exact) mass is 396 g/mol. The van der Waals surface area contributed by atoms with Gasteiger partial charge in [-0.15, -0.1) is 0 Å². The number of carbonyl (C=O) groups excluding carboxylic acids is 1. The van der Waals surface area contributed by atoms with Gasteiger partial charge in [-0.3, -0.25) is 19.8 Å². The molecule has 0 saturated heterocycles. The molecule has 9 N–H and O–H groups in total. The van der Waals surface area contributed by atoms with Crippen LogP contribution in [0.1, 0.15) is 12.8 Å². The van der Waals surface area contributed by atoms with Gasteiger partial charge in [-0.1, -0.05) is 6.58 Å². The van der Waals surface area contributed by atoms with Crippen molar-refractivity contribution < 1.29 is 54.9 Å². The predicted molar refractivity (Wildman–Crippen MR) is 85.8 cm³/mol. The summed E-state index contributed by atoms with van der Waals surface area (Å²) in [5.74, 6) is -4.25. The van der Waals surface area contributed by atoms with Crippen LogP contribution in [0.2, 0.25) is 0 Å². The number of rotatable bonds is 14. The van der Waals surface area contributed by atoms with Crippen molar-refractivity contribution in [2.24, 2.45) is 0 Å². The molecule has 0 heterocycles. The van der Waals surface area contributed by atoms with Crippen LogP contribution in [0.5, 0.6) is 0 Å². The van der Waals surface area contributed by atoms with Gasteiger partial charge >= 0.3 is 11.9 Å². The summed E-state index contributed by atoms with van der Waals surface area (Å²) in [5, 5.41) is 63.9. The molecule has 156 valence electrons. The third kappa shape index (κ3) is 9.28. The molecule has 0 saturated carbocycles. The molecule has 0 aliphatic carbocycles. The maximum absolute atomic E-state index is 11.7. The van der Waals surface area contributed by atoms with Crippen LogP contribution in [0.15, 0.2) is 12.3 Å². The highest BCUT2D eigenvalue weighted by atomic mass is 16.5. The summed E-state index contributed by atoms with van der Waals surface area (Å²) in [6, 6.07) is -1.39. The summed E-state index contributed by atoms with van der Waals surface area (Å²) in [4.78, 5) is 33.1. The predicted octanol–water partition coefficient (Wildman–Crippen LogP) is -4.11. The van der Waals surface area contributed by atoms with Gasteiger partial charge in [0.25, 0.3) is 5.91 Å². The maximum atomic E-state index is 11.7. The molecule has 0 bridgehead atoms. The van der Waals surface area contributed by atoms with Gasteiger partial charge in [0.2, 0.25) is 0 Å². The summed E-state index contributed by atoms with van der Waals surface area (Å²) in [6.07, 6.45) is -7.99. The Bertz CT molecular complexity index is 527. The summed E-state index contributed by atoms with van der Waals surface area (Å²) < 4.78 is 4.79. The van der Waals surface area contributed by atoms with E-state index < -0.39 is 73.7 Å². The SMILES string of the molecule is C=C(OC[C@H](O)[C@@H](O)[C@H](O)[C@H](O)CO)C(=O)NN[C@@H](CCC(=O)O)C(=O)O. The lowest BCUT2D eigenvalue weighted by Crippen LogP contribution is -2.49. The van der Waals surface area contributed by atoms with E-state index in [1.165, 1.54) is 0 Å². The number of aliphatic hydroxyl groups is 5. The third-order valence-electron chi connectivity index (χ3n) is 3.31. The Labute approximate surface area is 153 Å². The number of carbonyl (C=O) groups is 3. The zero-order chi connectivity index (χ0) is 21.1. The summed E-state index contributed by atoms with van der Waals surface area (Å²) in [7, 11) is 0. The number of aliphatic hydroxyl groups excluding tert-OH is 5. The second kappa shape index (κ2) is 12.2. The van der Waals surface area contributed by atoms with Gasteiger partial charge in [0.05, 0.1) is 6.61 Å². The minimum absolute atomic E-state index is 0.311. The fraction of sp³-hybridized carbons (Fsp3) is 0.643. The van der Waals surface area contributed by atoms with E-state index in [1.807, 2.05) is 5.43 Å². The van der Waals surface area contributed by atoms with Crippen LogP contribution in [0, 0.1) is 0 Å². The molecule has 0 radical (unpaired) electrons. The first-order chi connectivity index (χ1) is 12.5. The normalized spacial score (nSPS) is 16.5. The first kappa shape index (κ1) is 24.7. The highest BCUT2D eigenvalue weighted by molar-refractivity contribution is 5.90. The number of amides is 1. The summed E-state index contributed by atoms with van der Waals surface area (Å²) in [6.45, 7) is 1.64. The lowest BCUT2D eigenvalue weighted by atomic mass is 10.0. The number of carboxylic acids is 2. The number of hydrogen-bond acceptors (Lipinski definition) is 10. The van der Waals surface area contributed by atoms with Gasteiger partial charge in [0.1, 0.15) is 37.1 Å². The molecule has 0 fully saturated rings. The third-order valence-corrected chi connectivity index (χ3v) is 3.31. The smallest absolute Gasteiger partial charge is 0.322 e. The van der Waals surface area contributed by atoms with Gasteiger partial charge in [-0.25, -0.2) is 5.43 Å². The molecule has 0 spiro atoms. The van der Waals surface area contributed by atoms with Gasteiger partial charge in [-0.05, 0) is 6.42 Å². The Hall–Kier alpha value is -2.29. The number of hydrazine groups is 1. The van der Waals surface area contributed by atoms with Gasteiger partial charge < -0.3 is 40.5 Å². The van der Waals surface area contributed by atoms with Crippen molar-refractivity contribution in [3.8, 4) is 0 Å². The largest absolute Gasteiger partial charge is 0.486 e. The van der Waals surface area contributed by atoms with Crippen LogP contribution in [-0.4, -0.2) is 97.3 Å². The summed E-state index contributed by atoms with van der Waals surface area (Å²) >= 11 is 0. The molecule has 0 unspecified atom stereocenters.